The van der Waals surface area contributed by atoms with Gasteiger partial charge in [0.05, 0.1) is 22.1 Å². The van der Waals surface area contributed by atoms with E-state index in [1.165, 1.54) is 65.3 Å². The number of imidazole rings is 1. The molecule has 3 aromatic heterocycles. The smallest absolute Gasteiger partial charge is 0.159 e. The van der Waals surface area contributed by atoms with Gasteiger partial charge in [-0.05, 0) is 116 Å². The molecule has 0 spiro atoms. The first kappa shape index (κ1) is 32.4. The Morgan fingerprint density at radius 3 is 1.57 bits per heavy atom. The third-order valence-electron chi connectivity index (χ3n) is 11.6. The highest BCUT2D eigenvalue weighted by Crippen LogP contribution is 2.40. The number of rotatable bonds is 5. The summed E-state index contributed by atoms with van der Waals surface area (Å²) in [5, 5.41) is 10.2. The van der Waals surface area contributed by atoms with Crippen LogP contribution in [-0.2, 0) is 0 Å². The molecule has 58 heavy (non-hydrogen) atoms. The predicted octanol–water partition coefficient (Wildman–Crippen LogP) is 13.4. The molecule has 0 saturated carbocycles. The molecule has 0 bridgehead atoms. The van der Waals surface area contributed by atoms with Gasteiger partial charge in [-0.25, -0.2) is 15.0 Å². The van der Waals surface area contributed by atoms with Crippen LogP contribution in [0.1, 0.15) is 0 Å². The number of benzene rings is 9. The second-order valence-electron chi connectivity index (χ2n) is 14.9. The van der Waals surface area contributed by atoms with Crippen LogP contribution in [0.5, 0.6) is 0 Å². The summed E-state index contributed by atoms with van der Waals surface area (Å²) in [6.45, 7) is 0. The summed E-state index contributed by atoms with van der Waals surface area (Å²) in [7, 11) is 0. The van der Waals surface area contributed by atoms with Crippen molar-refractivity contribution in [3.8, 4) is 45.3 Å². The van der Waals surface area contributed by atoms with Crippen LogP contribution in [0.2, 0.25) is 0 Å². The molecule has 0 atom stereocenters. The molecule has 270 valence electrons. The van der Waals surface area contributed by atoms with Crippen LogP contribution in [0.25, 0.3) is 110 Å². The van der Waals surface area contributed by atoms with Crippen LogP contribution in [-0.4, -0.2) is 24.1 Å². The van der Waals surface area contributed by atoms with E-state index >= 15 is 0 Å². The van der Waals surface area contributed by atoms with Gasteiger partial charge in [-0.2, -0.15) is 0 Å². The van der Waals surface area contributed by atoms with Gasteiger partial charge >= 0.3 is 0 Å². The molecule has 0 fully saturated rings. The zero-order valence-corrected chi connectivity index (χ0v) is 31.3. The van der Waals surface area contributed by atoms with Crippen LogP contribution < -0.4 is 0 Å². The molecule has 0 unspecified atom stereocenters. The quantitative estimate of drug-likeness (QED) is 0.165. The van der Waals surface area contributed by atoms with Gasteiger partial charge in [0.1, 0.15) is 5.82 Å². The summed E-state index contributed by atoms with van der Waals surface area (Å²) in [5.41, 5.74) is 10.8. The van der Waals surface area contributed by atoms with E-state index < -0.39 is 0 Å². The van der Waals surface area contributed by atoms with Crippen LogP contribution in [0.3, 0.4) is 0 Å². The number of nitrogens with zero attached hydrogens (tertiary/aromatic N) is 5. The Balaban J connectivity index is 0.976. The number of fused-ring (bicyclic) bond motifs is 10. The van der Waals surface area contributed by atoms with Crippen molar-refractivity contribution in [2.24, 2.45) is 0 Å². The van der Waals surface area contributed by atoms with Crippen LogP contribution >= 0.6 is 0 Å². The van der Waals surface area contributed by atoms with Crippen molar-refractivity contribution in [3.63, 3.8) is 0 Å². The maximum absolute atomic E-state index is 5.14. The van der Waals surface area contributed by atoms with E-state index in [0.717, 1.165) is 39.4 Å². The first-order valence-electron chi connectivity index (χ1n) is 19.6. The Bertz CT molecular complexity index is 3530. The fourth-order valence-electron chi connectivity index (χ4n) is 9.00. The molecule has 12 rings (SSSR count). The zero-order chi connectivity index (χ0) is 38.2. The minimum absolute atomic E-state index is 0.689. The lowest BCUT2D eigenvalue weighted by Gasteiger charge is -2.13. The number of hydrogen-bond acceptors (Lipinski definition) is 3. The van der Waals surface area contributed by atoms with Gasteiger partial charge in [-0.3, -0.25) is 4.57 Å². The van der Waals surface area contributed by atoms with Crippen LogP contribution in [0.15, 0.2) is 200 Å². The third-order valence-corrected chi connectivity index (χ3v) is 11.6. The Kier molecular flexibility index (Phi) is 7.16. The summed E-state index contributed by atoms with van der Waals surface area (Å²) < 4.78 is 4.63. The van der Waals surface area contributed by atoms with E-state index in [4.69, 9.17) is 4.98 Å². The number of hydrogen-bond donors (Lipinski definition) is 0. The highest BCUT2D eigenvalue weighted by atomic mass is 15.1. The minimum atomic E-state index is 0.689. The van der Waals surface area contributed by atoms with E-state index in [2.05, 4.69) is 183 Å². The zero-order valence-electron chi connectivity index (χ0n) is 31.3. The first-order chi connectivity index (χ1) is 28.8. The van der Waals surface area contributed by atoms with Crippen molar-refractivity contribution in [3.05, 3.63) is 200 Å². The average molecular weight is 740 g/mol. The number of para-hydroxylation sites is 3. The molecule has 0 aliphatic carbocycles. The molecule has 0 N–H and O–H groups in total. The Labute approximate surface area is 333 Å². The highest BCUT2D eigenvalue weighted by molar-refractivity contribution is 6.25. The summed E-state index contributed by atoms with van der Waals surface area (Å²) >= 11 is 0. The molecule has 0 aliphatic heterocycles. The summed E-state index contributed by atoms with van der Waals surface area (Å²) in [6.07, 6.45) is 3.55. The van der Waals surface area contributed by atoms with E-state index in [9.17, 15) is 0 Å². The highest BCUT2D eigenvalue weighted by Gasteiger charge is 2.18. The normalized spacial score (nSPS) is 11.8. The maximum atomic E-state index is 5.14. The molecule has 0 saturated heterocycles. The van der Waals surface area contributed by atoms with E-state index in [1.54, 1.807) is 12.4 Å². The summed E-state index contributed by atoms with van der Waals surface area (Å²) in [4.78, 5) is 14.1. The van der Waals surface area contributed by atoms with Crippen molar-refractivity contribution in [1.82, 2.24) is 24.1 Å². The van der Waals surface area contributed by atoms with Crippen LogP contribution in [0.4, 0.5) is 0 Å². The third kappa shape index (κ3) is 5.00. The summed E-state index contributed by atoms with van der Waals surface area (Å²) in [6, 6.07) is 67.5. The topological polar surface area (TPSA) is 48.5 Å². The van der Waals surface area contributed by atoms with Crippen molar-refractivity contribution in [1.29, 1.82) is 0 Å². The standard InChI is InChI=1S/C53H33N5/c1-2-15-42-40(13-1)41-14-3-4-16-43(41)46-32-34(21-27-44(42)46)35-22-28-50-47(33-35)45-17-5-7-19-49(45)57(50)38-23-25-39(26-24-38)58-51-20-8-6-18-48(51)56-53(58)37-12-9-11-36(31-37)52-54-29-10-30-55-52/h1-33H. The van der Waals surface area contributed by atoms with Gasteiger partial charge in [-0.1, -0.05) is 115 Å². The Morgan fingerprint density at radius 2 is 0.845 bits per heavy atom. The molecule has 9 aromatic carbocycles. The molecule has 3 heterocycles. The molecular formula is C53H33N5. The largest absolute Gasteiger partial charge is 0.309 e. The number of aromatic nitrogens is 5. The molecular weight excluding hydrogens is 707 g/mol. The van der Waals surface area contributed by atoms with Gasteiger partial charge in [0.15, 0.2) is 5.82 Å². The van der Waals surface area contributed by atoms with Crippen molar-refractivity contribution in [2.45, 2.75) is 0 Å². The van der Waals surface area contributed by atoms with E-state index in [-0.39, 0.29) is 0 Å². The van der Waals surface area contributed by atoms with Gasteiger partial charge in [-0.15, -0.1) is 0 Å². The molecule has 0 radical (unpaired) electrons. The van der Waals surface area contributed by atoms with Gasteiger partial charge in [0, 0.05) is 45.7 Å². The monoisotopic (exact) mass is 739 g/mol. The maximum Gasteiger partial charge on any atom is 0.159 e. The van der Waals surface area contributed by atoms with Gasteiger partial charge in [0.25, 0.3) is 0 Å². The Hall–Kier alpha value is -7.89. The van der Waals surface area contributed by atoms with E-state index in [1.807, 2.05) is 24.3 Å². The Morgan fingerprint density at radius 1 is 0.310 bits per heavy atom. The minimum Gasteiger partial charge on any atom is -0.309 e. The lowest BCUT2D eigenvalue weighted by molar-refractivity contribution is 1.09. The molecule has 5 heteroatoms. The molecule has 0 amide bonds. The molecule has 12 aromatic rings. The summed E-state index contributed by atoms with van der Waals surface area (Å²) in [5.74, 6) is 1.56. The second-order valence-corrected chi connectivity index (χ2v) is 14.9. The molecule has 5 nitrogen and oxygen atoms in total. The predicted molar refractivity (Wildman–Crippen MR) is 240 cm³/mol. The second kappa shape index (κ2) is 12.8. The lowest BCUT2D eigenvalue weighted by Crippen LogP contribution is -1.99. The fraction of sp³-hybridized carbons (Fsp3) is 0. The van der Waals surface area contributed by atoms with Crippen molar-refractivity contribution >= 4 is 65.2 Å². The van der Waals surface area contributed by atoms with Crippen molar-refractivity contribution in [2.75, 3.05) is 0 Å². The average Bonchev–Trinajstić information content (AvgIpc) is 3.86. The van der Waals surface area contributed by atoms with Crippen molar-refractivity contribution < 1.29 is 0 Å². The van der Waals surface area contributed by atoms with Gasteiger partial charge < -0.3 is 4.57 Å². The van der Waals surface area contributed by atoms with E-state index in [0.29, 0.717) is 5.82 Å². The SMILES string of the molecule is c1cnc(-c2cccc(-c3nc4ccccc4n3-c3ccc(-n4c5ccccc5c5cc(-c6ccc7c8ccccc8c8ccccc8c7c6)ccc54)cc3)c2)nc1. The fourth-order valence-corrected chi connectivity index (χ4v) is 9.00. The lowest BCUT2D eigenvalue weighted by atomic mass is 9.92. The van der Waals surface area contributed by atoms with Gasteiger partial charge in [0.2, 0.25) is 0 Å². The first-order valence-corrected chi connectivity index (χ1v) is 19.6. The van der Waals surface area contributed by atoms with Crippen LogP contribution in [0, 0.1) is 0 Å². The molecule has 0 aliphatic rings.